The molecule has 0 radical (unpaired) electrons. The fourth-order valence-electron chi connectivity index (χ4n) is 3.14. The van der Waals surface area contributed by atoms with Gasteiger partial charge in [-0.1, -0.05) is 25.1 Å². The van der Waals surface area contributed by atoms with Crippen molar-refractivity contribution in [1.82, 2.24) is 14.7 Å². The first-order chi connectivity index (χ1) is 11.5. The lowest BCUT2D eigenvalue weighted by Crippen LogP contribution is -2.42. The fraction of sp³-hybridized carbons (Fsp3) is 0.412. The summed E-state index contributed by atoms with van der Waals surface area (Å²) in [5, 5.41) is 13.8. The smallest absolute Gasteiger partial charge is 0.357 e. The third-order valence-corrected chi connectivity index (χ3v) is 4.37. The topological polar surface area (TPSA) is 92.5 Å². The lowest BCUT2D eigenvalue weighted by atomic mass is 10.0. The first kappa shape index (κ1) is 16.2. The molecule has 1 atom stereocenters. The molecule has 1 aliphatic heterocycles. The van der Waals surface area contributed by atoms with Crippen LogP contribution in [0.5, 0.6) is 0 Å². The van der Waals surface area contributed by atoms with Gasteiger partial charge in [0.15, 0.2) is 5.69 Å². The van der Waals surface area contributed by atoms with Crippen molar-refractivity contribution >= 4 is 22.6 Å². The first-order valence-corrected chi connectivity index (χ1v) is 7.98. The number of hydrogen-bond donors (Lipinski definition) is 1. The number of aromatic carboxylic acids is 1. The number of hydrogen-bond acceptors (Lipinski definition) is 4. The average molecular weight is 329 g/mol. The van der Waals surface area contributed by atoms with E-state index in [4.69, 9.17) is 0 Å². The number of nitrogens with zero attached hydrogens (tertiary/aromatic N) is 3. The number of rotatable bonds is 3. The zero-order valence-corrected chi connectivity index (χ0v) is 13.4. The van der Waals surface area contributed by atoms with Crippen molar-refractivity contribution in [3.05, 3.63) is 40.3 Å². The van der Waals surface area contributed by atoms with Gasteiger partial charge in [0, 0.05) is 18.5 Å². The number of benzene rings is 1. The van der Waals surface area contributed by atoms with Gasteiger partial charge in [0.05, 0.1) is 5.39 Å². The Balaban J connectivity index is 1.97. The predicted octanol–water partition coefficient (Wildman–Crippen LogP) is 1.35. The molecule has 0 unspecified atom stereocenters. The Labute approximate surface area is 138 Å². The van der Waals surface area contributed by atoms with Crippen molar-refractivity contribution < 1.29 is 14.7 Å². The van der Waals surface area contributed by atoms with Crippen LogP contribution in [0, 0.1) is 5.92 Å². The van der Waals surface area contributed by atoms with E-state index in [-0.39, 0.29) is 28.9 Å². The SMILES string of the molecule is C[C@@H]1CCCN(C(=O)Cn2nc(C(=O)O)c3ccccc3c2=O)C1. The largest absolute Gasteiger partial charge is 0.476 e. The molecule has 1 N–H and O–H groups in total. The van der Waals surface area contributed by atoms with Crippen LogP contribution in [0.4, 0.5) is 0 Å². The van der Waals surface area contributed by atoms with Crippen LogP contribution in [-0.4, -0.2) is 44.8 Å². The predicted molar refractivity (Wildman–Crippen MR) is 87.9 cm³/mol. The molecule has 0 aliphatic carbocycles. The summed E-state index contributed by atoms with van der Waals surface area (Å²) in [7, 11) is 0. The fourth-order valence-corrected chi connectivity index (χ4v) is 3.14. The van der Waals surface area contributed by atoms with E-state index >= 15 is 0 Å². The van der Waals surface area contributed by atoms with E-state index in [0.717, 1.165) is 17.5 Å². The second-order valence-electron chi connectivity index (χ2n) is 6.25. The van der Waals surface area contributed by atoms with Crippen molar-refractivity contribution in [1.29, 1.82) is 0 Å². The Morgan fingerprint density at radius 2 is 2.00 bits per heavy atom. The van der Waals surface area contributed by atoms with Crippen LogP contribution in [0.25, 0.3) is 10.8 Å². The molecular weight excluding hydrogens is 310 g/mol. The van der Waals surface area contributed by atoms with Gasteiger partial charge in [-0.2, -0.15) is 5.10 Å². The highest BCUT2D eigenvalue weighted by Gasteiger charge is 2.23. The monoisotopic (exact) mass is 329 g/mol. The molecule has 1 fully saturated rings. The van der Waals surface area contributed by atoms with Gasteiger partial charge >= 0.3 is 5.97 Å². The van der Waals surface area contributed by atoms with E-state index < -0.39 is 11.5 Å². The van der Waals surface area contributed by atoms with Gasteiger partial charge in [0.2, 0.25) is 5.91 Å². The van der Waals surface area contributed by atoms with Gasteiger partial charge < -0.3 is 10.0 Å². The molecule has 7 nitrogen and oxygen atoms in total. The number of amides is 1. The maximum Gasteiger partial charge on any atom is 0.357 e. The third-order valence-electron chi connectivity index (χ3n) is 4.37. The van der Waals surface area contributed by atoms with Gasteiger partial charge in [-0.25, -0.2) is 9.48 Å². The maximum absolute atomic E-state index is 12.5. The van der Waals surface area contributed by atoms with Crippen molar-refractivity contribution in [2.45, 2.75) is 26.3 Å². The Morgan fingerprint density at radius 1 is 1.29 bits per heavy atom. The van der Waals surface area contributed by atoms with E-state index in [9.17, 15) is 19.5 Å². The normalized spacial score (nSPS) is 17.9. The van der Waals surface area contributed by atoms with Crippen LogP contribution >= 0.6 is 0 Å². The maximum atomic E-state index is 12.5. The lowest BCUT2D eigenvalue weighted by molar-refractivity contribution is -0.133. The second-order valence-corrected chi connectivity index (χ2v) is 6.25. The molecule has 1 amide bonds. The summed E-state index contributed by atoms with van der Waals surface area (Å²) in [5.41, 5.74) is -0.668. The highest BCUT2D eigenvalue weighted by Crippen LogP contribution is 2.16. The van der Waals surface area contributed by atoms with Crippen LogP contribution < -0.4 is 5.56 Å². The number of carboxylic acids is 1. The van der Waals surface area contributed by atoms with E-state index in [2.05, 4.69) is 12.0 Å². The number of aromatic nitrogens is 2. The summed E-state index contributed by atoms with van der Waals surface area (Å²) < 4.78 is 0.966. The van der Waals surface area contributed by atoms with Crippen LogP contribution in [-0.2, 0) is 11.3 Å². The van der Waals surface area contributed by atoms with Crippen LogP contribution in [0.2, 0.25) is 0 Å². The molecule has 0 saturated carbocycles. The molecule has 1 aromatic carbocycles. The molecule has 3 rings (SSSR count). The molecular formula is C17H19N3O4. The van der Waals surface area contributed by atoms with E-state index in [1.165, 1.54) is 0 Å². The Kier molecular flexibility index (Phi) is 4.33. The van der Waals surface area contributed by atoms with Gasteiger partial charge in [0.25, 0.3) is 5.56 Å². The van der Waals surface area contributed by atoms with Crippen molar-refractivity contribution in [3.8, 4) is 0 Å². The molecule has 7 heteroatoms. The molecule has 24 heavy (non-hydrogen) atoms. The van der Waals surface area contributed by atoms with Gasteiger partial charge in [0.1, 0.15) is 6.54 Å². The van der Waals surface area contributed by atoms with E-state index in [1.54, 1.807) is 29.2 Å². The summed E-state index contributed by atoms with van der Waals surface area (Å²) in [6.45, 7) is 3.17. The summed E-state index contributed by atoms with van der Waals surface area (Å²) in [4.78, 5) is 38.1. The van der Waals surface area contributed by atoms with Crippen molar-refractivity contribution in [2.24, 2.45) is 5.92 Å². The Bertz CT molecular complexity index is 859. The highest BCUT2D eigenvalue weighted by molar-refractivity contribution is 6.01. The van der Waals surface area contributed by atoms with E-state index in [1.807, 2.05) is 0 Å². The summed E-state index contributed by atoms with van der Waals surface area (Å²) in [6, 6.07) is 6.41. The second kappa shape index (κ2) is 6.43. The van der Waals surface area contributed by atoms with Gasteiger partial charge in [-0.05, 0) is 24.8 Å². The minimum Gasteiger partial charge on any atom is -0.476 e. The summed E-state index contributed by atoms with van der Waals surface area (Å²) in [5.74, 6) is -1.000. The summed E-state index contributed by atoms with van der Waals surface area (Å²) in [6.07, 6.45) is 2.02. The quantitative estimate of drug-likeness (QED) is 0.917. The number of piperidine rings is 1. The molecule has 1 aliphatic rings. The van der Waals surface area contributed by atoms with Gasteiger partial charge in [-0.3, -0.25) is 9.59 Å². The van der Waals surface area contributed by atoms with E-state index in [0.29, 0.717) is 19.0 Å². The number of carboxylic acid groups (broad SMARTS) is 1. The molecule has 1 saturated heterocycles. The molecule has 1 aromatic heterocycles. The van der Waals surface area contributed by atoms with Gasteiger partial charge in [-0.15, -0.1) is 0 Å². The molecule has 0 spiro atoms. The molecule has 126 valence electrons. The van der Waals surface area contributed by atoms with Crippen molar-refractivity contribution in [3.63, 3.8) is 0 Å². The Morgan fingerprint density at radius 3 is 2.67 bits per heavy atom. The molecule has 0 bridgehead atoms. The Hall–Kier alpha value is -2.70. The number of likely N-dealkylation sites (tertiary alicyclic amines) is 1. The zero-order chi connectivity index (χ0) is 17.3. The minimum atomic E-state index is -1.22. The highest BCUT2D eigenvalue weighted by atomic mass is 16.4. The van der Waals surface area contributed by atoms with Crippen LogP contribution in [0.1, 0.15) is 30.3 Å². The number of carbonyl (C=O) groups excluding carboxylic acids is 1. The first-order valence-electron chi connectivity index (χ1n) is 7.98. The molecule has 2 aromatic rings. The third kappa shape index (κ3) is 3.02. The molecule has 2 heterocycles. The van der Waals surface area contributed by atoms with Crippen molar-refractivity contribution in [2.75, 3.05) is 13.1 Å². The van der Waals surface area contributed by atoms with Crippen LogP contribution in [0.3, 0.4) is 0 Å². The number of carbonyl (C=O) groups is 2. The van der Waals surface area contributed by atoms with Crippen LogP contribution in [0.15, 0.2) is 29.1 Å². The number of fused-ring (bicyclic) bond motifs is 1. The lowest BCUT2D eigenvalue weighted by Gasteiger charge is -2.31. The average Bonchev–Trinajstić information content (AvgIpc) is 2.57. The standard InChI is InChI=1S/C17H19N3O4/c1-11-5-4-8-19(9-11)14(21)10-20-16(22)13-7-3-2-6-12(13)15(18-20)17(23)24/h2-3,6-7,11H,4-5,8-10H2,1H3,(H,23,24)/t11-/m1/s1. The zero-order valence-electron chi connectivity index (χ0n) is 13.4. The summed E-state index contributed by atoms with van der Waals surface area (Å²) >= 11 is 0. The minimum absolute atomic E-state index is 0.206.